The molecule has 4 rings (SSSR count). The van der Waals surface area contributed by atoms with E-state index in [1.54, 1.807) is 35.8 Å². The lowest BCUT2D eigenvalue weighted by atomic mass is 10.0. The van der Waals surface area contributed by atoms with Crippen molar-refractivity contribution in [1.82, 2.24) is 19.0 Å². The number of carbonyl (C=O) groups excluding carboxylic acids is 1. The third-order valence-corrected chi connectivity index (χ3v) is 5.82. The molecule has 1 aliphatic heterocycles. The van der Waals surface area contributed by atoms with Crippen LogP contribution in [0.2, 0.25) is 5.02 Å². The van der Waals surface area contributed by atoms with E-state index in [1.165, 1.54) is 16.7 Å². The number of nitrogens with zero attached hydrogens (tertiary/aromatic N) is 4. The number of anilines is 1. The highest BCUT2D eigenvalue weighted by molar-refractivity contribution is 6.30. The number of amides is 1. The normalized spacial score (nSPS) is 16.8. The molecular weight excluding hydrogens is 409 g/mol. The first-order chi connectivity index (χ1) is 14.4. The summed E-state index contributed by atoms with van der Waals surface area (Å²) in [5.74, 6) is -0.569. The summed E-state index contributed by atoms with van der Waals surface area (Å²) >= 11 is 5.91. The quantitative estimate of drug-likeness (QED) is 0.689. The number of pyridine rings is 1. The van der Waals surface area contributed by atoms with E-state index in [0.717, 1.165) is 24.0 Å². The average Bonchev–Trinajstić information content (AvgIpc) is 2.97. The van der Waals surface area contributed by atoms with E-state index in [2.05, 4.69) is 10.3 Å². The highest BCUT2D eigenvalue weighted by atomic mass is 35.5. The molecule has 0 saturated carbocycles. The summed E-state index contributed by atoms with van der Waals surface area (Å²) in [6.45, 7) is 1.03. The Kier molecular flexibility index (Phi) is 5.51. The molecule has 1 N–H and O–H groups in total. The number of rotatable bonds is 4. The second-order valence-electron chi connectivity index (χ2n) is 7.62. The molecule has 158 valence electrons. The van der Waals surface area contributed by atoms with Gasteiger partial charge in [-0.25, -0.2) is 14.2 Å². The minimum atomic E-state index is -0.461. The van der Waals surface area contributed by atoms with Gasteiger partial charge in [-0.05, 0) is 42.7 Å². The number of nitrogens with one attached hydrogen (secondary N) is 1. The molecule has 1 fully saturated rings. The summed E-state index contributed by atoms with van der Waals surface area (Å²) in [5.41, 5.74) is 2.55. The van der Waals surface area contributed by atoms with Gasteiger partial charge in [0.05, 0.1) is 29.9 Å². The lowest BCUT2D eigenvalue weighted by molar-refractivity contribution is -0.132. The molecule has 2 aromatic heterocycles. The van der Waals surface area contributed by atoms with Crippen LogP contribution in [0.15, 0.2) is 35.3 Å². The van der Waals surface area contributed by atoms with Gasteiger partial charge in [0.2, 0.25) is 5.91 Å². The summed E-state index contributed by atoms with van der Waals surface area (Å²) in [6.07, 6.45) is 3.33. The first-order valence-corrected chi connectivity index (χ1v) is 10.2. The van der Waals surface area contributed by atoms with Crippen molar-refractivity contribution in [3.05, 3.63) is 57.3 Å². The third-order valence-electron chi connectivity index (χ3n) is 5.60. The van der Waals surface area contributed by atoms with E-state index >= 15 is 0 Å². The molecule has 0 spiro atoms. The number of piperidine rings is 1. The van der Waals surface area contributed by atoms with Crippen molar-refractivity contribution >= 4 is 34.4 Å². The third kappa shape index (κ3) is 3.79. The van der Waals surface area contributed by atoms with Gasteiger partial charge in [-0.3, -0.25) is 13.9 Å². The Balaban J connectivity index is 1.60. The van der Waals surface area contributed by atoms with Crippen LogP contribution in [0, 0.1) is 5.82 Å². The number of benzene rings is 1. The van der Waals surface area contributed by atoms with Crippen LogP contribution in [0.4, 0.5) is 10.1 Å². The van der Waals surface area contributed by atoms with Crippen LogP contribution in [0.3, 0.4) is 0 Å². The van der Waals surface area contributed by atoms with Crippen molar-refractivity contribution in [2.24, 2.45) is 7.05 Å². The zero-order chi connectivity index (χ0) is 21.4. The maximum atomic E-state index is 13.6. The van der Waals surface area contributed by atoms with E-state index < -0.39 is 5.82 Å². The average molecular weight is 432 g/mol. The van der Waals surface area contributed by atoms with E-state index in [1.807, 2.05) is 6.07 Å². The molecular formula is C21H23ClFN5O2. The number of imidazole rings is 1. The number of hydrogen-bond acceptors (Lipinski definition) is 4. The second-order valence-corrected chi connectivity index (χ2v) is 8.06. The molecule has 0 radical (unpaired) electrons. The Labute approximate surface area is 178 Å². The van der Waals surface area contributed by atoms with Crippen LogP contribution in [-0.2, 0) is 18.3 Å². The maximum Gasteiger partial charge on any atom is 0.330 e. The highest BCUT2D eigenvalue weighted by Crippen LogP contribution is 2.26. The molecule has 30 heavy (non-hydrogen) atoms. The van der Waals surface area contributed by atoms with Crippen molar-refractivity contribution in [3.63, 3.8) is 0 Å². The number of halogens is 2. The fraction of sp³-hybridized carbons (Fsp3) is 0.381. The standard InChI is InChI=1S/C21H23ClFN5O2/c1-24-16-10-18-20(25-11-16)26(2)21(30)28(18)17-4-3-5-27(12-17)19(29)8-13-6-14(22)9-15(23)7-13/h6-7,9-11,17,24H,3-5,8,12H2,1-2H3/t17-/m0/s1. The monoisotopic (exact) mass is 431 g/mol. The molecule has 0 aliphatic carbocycles. The van der Waals surface area contributed by atoms with Crippen LogP contribution < -0.4 is 11.0 Å². The fourth-order valence-corrected chi connectivity index (χ4v) is 4.36. The lowest BCUT2D eigenvalue weighted by Gasteiger charge is -2.33. The highest BCUT2D eigenvalue weighted by Gasteiger charge is 2.28. The largest absolute Gasteiger partial charge is 0.387 e. The first kappa shape index (κ1) is 20.4. The zero-order valence-corrected chi connectivity index (χ0v) is 17.6. The van der Waals surface area contributed by atoms with Gasteiger partial charge in [-0.2, -0.15) is 0 Å². The molecule has 1 aliphatic rings. The van der Waals surface area contributed by atoms with Crippen LogP contribution in [0.1, 0.15) is 24.4 Å². The number of fused-ring (bicyclic) bond motifs is 1. The molecule has 1 saturated heterocycles. The van der Waals surface area contributed by atoms with Gasteiger partial charge in [-0.1, -0.05) is 11.6 Å². The molecule has 3 aromatic rings. The molecule has 7 nitrogen and oxygen atoms in total. The summed E-state index contributed by atoms with van der Waals surface area (Å²) in [4.78, 5) is 32.0. The van der Waals surface area contributed by atoms with Crippen molar-refractivity contribution in [3.8, 4) is 0 Å². The number of carbonyl (C=O) groups is 1. The Morgan fingerprint density at radius 1 is 1.33 bits per heavy atom. The molecule has 1 amide bonds. The maximum absolute atomic E-state index is 13.6. The fourth-order valence-electron chi connectivity index (χ4n) is 4.12. The zero-order valence-electron chi connectivity index (χ0n) is 16.9. The smallest absolute Gasteiger partial charge is 0.330 e. The van der Waals surface area contributed by atoms with Crippen molar-refractivity contribution in [1.29, 1.82) is 0 Å². The Bertz CT molecular complexity index is 1150. The number of aryl methyl sites for hydroxylation is 1. The van der Waals surface area contributed by atoms with Crippen molar-refractivity contribution in [2.45, 2.75) is 25.3 Å². The molecule has 0 bridgehead atoms. The number of hydrogen-bond donors (Lipinski definition) is 1. The Hall–Kier alpha value is -2.87. The molecule has 0 unspecified atom stereocenters. The first-order valence-electron chi connectivity index (χ1n) is 9.85. The summed E-state index contributed by atoms with van der Waals surface area (Å²) in [6, 6.07) is 5.89. The van der Waals surface area contributed by atoms with Gasteiger partial charge in [0.1, 0.15) is 5.82 Å². The number of aromatic nitrogens is 3. The topological polar surface area (TPSA) is 72.2 Å². The van der Waals surface area contributed by atoms with E-state index in [0.29, 0.717) is 24.3 Å². The summed E-state index contributed by atoms with van der Waals surface area (Å²) in [7, 11) is 3.50. The Morgan fingerprint density at radius 3 is 2.87 bits per heavy atom. The van der Waals surface area contributed by atoms with Gasteiger partial charge in [0, 0.05) is 32.2 Å². The van der Waals surface area contributed by atoms with Crippen LogP contribution >= 0.6 is 11.6 Å². The van der Waals surface area contributed by atoms with E-state index in [-0.39, 0.29) is 29.1 Å². The van der Waals surface area contributed by atoms with Gasteiger partial charge < -0.3 is 10.2 Å². The summed E-state index contributed by atoms with van der Waals surface area (Å²) < 4.78 is 16.9. The summed E-state index contributed by atoms with van der Waals surface area (Å²) in [5, 5.41) is 3.32. The molecule has 9 heteroatoms. The van der Waals surface area contributed by atoms with Crippen molar-refractivity contribution in [2.75, 3.05) is 25.5 Å². The van der Waals surface area contributed by atoms with Crippen molar-refractivity contribution < 1.29 is 9.18 Å². The number of likely N-dealkylation sites (tertiary alicyclic amines) is 1. The van der Waals surface area contributed by atoms with Crippen LogP contribution in [0.5, 0.6) is 0 Å². The molecule has 1 atom stereocenters. The van der Waals surface area contributed by atoms with Gasteiger partial charge in [-0.15, -0.1) is 0 Å². The molecule has 3 heterocycles. The minimum absolute atomic E-state index is 0.0695. The van der Waals surface area contributed by atoms with Gasteiger partial charge in [0.15, 0.2) is 5.65 Å². The SMILES string of the molecule is CNc1cnc2c(c1)n([C@H]1CCCN(C(=O)Cc3cc(F)cc(Cl)c3)C1)c(=O)n2C. The predicted octanol–water partition coefficient (Wildman–Crippen LogP) is 2.98. The van der Waals surface area contributed by atoms with Crippen LogP contribution in [-0.4, -0.2) is 45.1 Å². The van der Waals surface area contributed by atoms with E-state index in [4.69, 9.17) is 11.6 Å². The second kappa shape index (κ2) is 8.10. The minimum Gasteiger partial charge on any atom is -0.387 e. The van der Waals surface area contributed by atoms with E-state index in [9.17, 15) is 14.0 Å². The molecule has 1 aromatic carbocycles. The predicted molar refractivity (Wildman–Crippen MR) is 114 cm³/mol. The lowest BCUT2D eigenvalue weighted by Crippen LogP contribution is -2.43. The Morgan fingerprint density at radius 2 is 2.13 bits per heavy atom. The van der Waals surface area contributed by atoms with Crippen LogP contribution in [0.25, 0.3) is 11.2 Å². The van der Waals surface area contributed by atoms with Gasteiger partial charge in [0.25, 0.3) is 0 Å². The van der Waals surface area contributed by atoms with Gasteiger partial charge >= 0.3 is 5.69 Å².